The van der Waals surface area contributed by atoms with Gasteiger partial charge in [-0.05, 0) is 43.2 Å². The largest absolute Gasteiger partial charge is 0.497 e. The number of anilines is 1. The van der Waals surface area contributed by atoms with Crippen LogP contribution in [0.15, 0.2) is 41.3 Å². The summed E-state index contributed by atoms with van der Waals surface area (Å²) in [5.74, 6) is 0.764. The predicted octanol–water partition coefficient (Wildman–Crippen LogP) is 3.12. The molecule has 0 saturated carbocycles. The molecule has 22 heavy (non-hydrogen) atoms. The summed E-state index contributed by atoms with van der Waals surface area (Å²) >= 11 is 0. The zero-order chi connectivity index (χ0) is 16.3. The summed E-state index contributed by atoms with van der Waals surface area (Å²) in [6.07, 6.45) is 0. The normalized spacial score (nSPS) is 11.1. The first-order chi connectivity index (χ1) is 10.4. The first-order valence-corrected chi connectivity index (χ1v) is 8.18. The first-order valence-electron chi connectivity index (χ1n) is 6.70. The standard InChI is InChI=1S/C16H19NO4S/c1-11-6-5-7-14(12(11)2)17-22(18,19)16-9-8-13(20-3)10-15(16)21-4/h5-10,17H,1-4H3. The maximum Gasteiger partial charge on any atom is 0.265 e. The Morgan fingerprint density at radius 1 is 1.00 bits per heavy atom. The average Bonchev–Trinajstić information content (AvgIpc) is 2.51. The molecule has 0 atom stereocenters. The minimum atomic E-state index is -3.75. The lowest BCUT2D eigenvalue weighted by molar-refractivity contribution is 0.386. The molecule has 0 aliphatic heterocycles. The van der Waals surface area contributed by atoms with Crippen molar-refractivity contribution in [2.24, 2.45) is 0 Å². The van der Waals surface area contributed by atoms with E-state index in [9.17, 15) is 8.42 Å². The van der Waals surface area contributed by atoms with E-state index in [2.05, 4.69) is 4.72 Å². The van der Waals surface area contributed by atoms with Gasteiger partial charge in [-0.25, -0.2) is 8.42 Å². The second-order valence-corrected chi connectivity index (χ2v) is 6.52. The molecule has 5 nitrogen and oxygen atoms in total. The van der Waals surface area contributed by atoms with Crippen molar-refractivity contribution in [3.05, 3.63) is 47.5 Å². The molecule has 6 heteroatoms. The summed E-state index contributed by atoms with van der Waals surface area (Å²) in [7, 11) is -0.817. The van der Waals surface area contributed by atoms with Crippen LogP contribution in [0, 0.1) is 13.8 Å². The Kier molecular flexibility index (Phi) is 4.61. The lowest BCUT2D eigenvalue weighted by Crippen LogP contribution is -2.15. The van der Waals surface area contributed by atoms with Crippen LogP contribution in [0.5, 0.6) is 11.5 Å². The van der Waals surface area contributed by atoms with Gasteiger partial charge in [-0.2, -0.15) is 0 Å². The quantitative estimate of drug-likeness (QED) is 0.919. The highest BCUT2D eigenvalue weighted by Gasteiger charge is 2.21. The minimum absolute atomic E-state index is 0.0664. The van der Waals surface area contributed by atoms with Crippen molar-refractivity contribution < 1.29 is 17.9 Å². The minimum Gasteiger partial charge on any atom is -0.497 e. The molecule has 0 spiro atoms. The summed E-state index contributed by atoms with van der Waals surface area (Å²) < 4.78 is 38.1. The Morgan fingerprint density at radius 3 is 2.36 bits per heavy atom. The number of hydrogen-bond acceptors (Lipinski definition) is 4. The SMILES string of the molecule is COc1ccc(S(=O)(=O)Nc2cccc(C)c2C)c(OC)c1. The summed E-state index contributed by atoms with van der Waals surface area (Å²) in [6, 6.07) is 10.1. The number of aryl methyl sites for hydroxylation is 1. The molecule has 0 heterocycles. The van der Waals surface area contributed by atoms with Crippen molar-refractivity contribution in [2.45, 2.75) is 18.7 Å². The fraction of sp³-hybridized carbons (Fsp3) is 0.250. The summed E-state index contributed by atoms with van der Waals surface area (Å²) in [4.78, 5) is 0.0664. The molecule has 0 bridgehead atoms. The molecule has 2 rings (SSSR count). The number of rotatable bonds is 5. The lowest BCUT2D eigenvalue weighted by atomic mass is 10.1. The molecule has 0 saturated heterocycles. The van der Waals surface area contributed by atoms with E-state index in [1.807, 2.05) is 26.0 Å². The fourth-order valence-electron chi connectivity index (χ4n) is 2.06. The second-order valence-electron chi connectivity index (χ2n) is 4.87. The van der Waals surface area contributed by atoms with E-state index >= 15 is 0 Å². The molecule has 0 aliphatic carbocycles. The van der Waals surface area contributed by atoms with Crippen LogP contribution >= 0.6 is 0 Å². The van der Waals surface area contributed by atoms with Crippen molar-refractivity contribution in [3.63, 3.8) is 0 Å². The molecule has 1 N–H and O–H groups in total. The highest BCUT2D eigenvalue weighted by Crippen LogP contribution is 2.30. The van der Waals surface area contributed by atoms with Gasteiger partial charge in [-0.3, -0.25) is 4.72 Å². The Bertz CT molecular complexity index is 785. The molecule has 118 valence electrons. The van der Waals surface area contributed by atoms with Crippen molar-refractivity contribution >= 4 is 15.7 Å². The molecule has 0 aromatic heterocycles. The average molecular weight is 321 g/mol. The third-order valence-corrected chi connectivity index (χ3v) is 4.91. The Balaban J connectivity index is 2.45. The topological polar surface area (TPSA) is 64.6 Å². The molecule has 2 aromatic rings. The molecule has 0 amide bonds. The van der Waals surface area contributed by atoms with Crippen LogP contribution in [-0.2, 0) is 10.0 Å². The summed E-state index contributed by atoms with van der Waals surface area (Å²) in [5.41, 5.74) is 2.46. The number of sulfonamides is 1. The maximum absolute atomic E-state index is 12.6. The van der Waals surface area contributed by atoms with Gasteiger partial charge in [-0.15, -0.1) is 0 Å². The maximum atomic E-state index is 12.6. The number of hydrogen-bond donors (Lipinski definition) is 1. The van der Waals surface area contributed by atoms with Gasteiger partial charge in [0.05, 0.1) is 19.9 Å². The van der Waals surface area contributed by atoms with Crippen LogP contribution in [-0.4, -0.2) is 22.6 Å². The highest BCUT2D eigenvalue weighted by atomic mass is 32.2. The molecular weight excluding hydrogens is 302 g/mol. The molecule has 0 fully saturated rings. The molecule has 0 radical (unpaired) electrons. The van der Waals surface area contributed by atoms with E-state index in [4.69, 9.17) is 9.47 Å². The van der Waals surface area contributed by atoms with Crippen LogP contribution in [0.4, 0.5) is 5.69 Å². The van der Waals surface area contributed by atoms with Gasteiger partial charge in [0.15, 0.2) is 0 Å². The number of ether oxygens (including phenoxy) is 2. The van der Waals surface area contributed by atoms with E-state index in [-0.39, 0.29) is 10.6 Å². The molecular formula is C16H19NO4S. The van der Waals surface area contributed by atoms with Crippen molar-refractivity contribution in [1.29, 1.82) is 0 Å². The molecule has 0 aliphatic rings. The van der Waals surface area contributed by atoms with E-state index in [1.165, 1.54) is 26.4 Å². The van der Waals surface area contributed by atoms with Gasteiger partial charge in [0.1, 0.15) is 16.4 Å². The van der Waals surface area contributed by atoms with Crippen LogP contribution in [0.3, 0.4) is 0 Å². The van der Waals surface area contributed by atoms with E-state index in [0.717, 1.165) is 11.1 Å². The number of nitrogens with one attached hydrogen (secondary N) is 1. The van der Waals surface area contributed by atoms with Crippen molar-refractivity contribution in [3.8, 4) is 11.5 Å². The Labute approximate surface area is 130 Å². The lowest BCUT2D eigenvalue weighted by Gasteiger charge is -2.14. The van der Waals surface area contributed by atoms with E-state index in [1.54, 1.807) is 12.1 Å². The summed E-state index contributed by atoms with van der Waals surface area (Å²) in [6.45, 7) is 3.81. The van der Waals surface area contributed by atoms with Crippen LogP contribution in [0.2, 0.25) is 0 Å². The smallest absolute Gasteiger partial charge is 0.265 e. The van der Waals surface area contributed by atoms with Crippen LogP contribution in [0.25, 0.3) is 0 Å². The Hall–Kier alpha value is -2.21. The van der Waals surface area contributed by atoms with Gasteiger partial charge in [-0.1, -0.05) is 12.1 Å². The van der Waals surface area contributed by atoms with Crippen LogP contribution in [0.1, 0.15) is 11.1 Å². The van der Waals surface area contributed by atoms with Crippen molar-refractivity contribution in [1.82, 2.24) is 0 Å². The zero-order valence-electron chi connectivity index (χ0n) is 13.0. The first kappa shape index (κ1) is 16.2. The highest BCUT2D eigenvalue weighted by molar-refractivity contribution is 7.92. The van der Waals surface area contributed by atoms with Gasteiger partial charge in [0.25, 0.3) is 10.0 Å². The van der Waals surface area contributed by atoms with Gasteiger partial charge < -0.3 is 9.47 Å². The fourth-order valence-corrected chi connectivity index (χ4v) is 3.33. The Morgan fingerprint density at radius 2 is 1.73 bits per heavy atom. The van der Waals surface area contributed by atoms with Crippen molar-refractivity contribution in [2.75, 3.05) is 18.9 Å². The van der Waals surface area contributed by atoms with E-state index < -0.39 is 10.0 Å². The van der Waals surface area contributed by atoms with Gasteiger partial charge in [0, 0.05) is 6.07 Å². The van der Waals surface area contributed by atoms with Gasteiger partial charge >= 0.3 is 0 Å². The zero-order valence-corrected chi connectivity index (χ0v) is 13.8. The number of methoxy groups -OCH3 is 2. The van der Waals surface area contributed by atoms with Crippen LogP contribution < -0.4 is 14.2 Å². The summed E-state index contributed by atoms with van der Waals surface area (Å²) in [5, 5.41) is 0. The molecule has 2 aromatic carbocycles. The molecule has 0 unspecified atom stereocenters. The number of benzene rings is 2. The second kappa shape index (κ2) is 6.27. The van der Waals surface area contributed by atoms with E-state index in [0.29, 0.717) is 11.4 Å². The third-order valence-electron chi connectivity index (χ3n) is 3.51. The van der Waals surface area contributed by atoms with Gasteiger partial charge in [0.2, 0.25) is 0 Å². The third kappa shape index (κ3) is 3.17. The monoisotopic (exact) mass is 321 g/mol. The predicted molar refractivity (Wildman–Crippen MR) is 86.3 cm³/mol.